The first kappa shape index (κ1) is 18.7. The van der Waals surface area contributed by atoms with Crippen LogP contribution in [0.15, 0.2) is 52.3 Å². The third-order valence-corrected chi connectivity index (χ3v) is 5.62. The van der Waals surface area contributed by atoms with Crippen molar-refractivity contribution < 1.29 is 14.6 Å². The summed E-state index contributed by atoms with van der Waals surface area (Å²) in [4.78, 5) is 28.2. The van der Waals surface area contributed by atoms with Gasteiger partial charge < -0.3 is 9.80 Å². The fourth-order valence-electron chi connectivity index (χ4n) is 2.81. The number of benzene rings is 2. The molecular weight excluding hydrogens is 374 g/mol. The Hall–Kier alpha value is -2.09. The lowest BCUT2D eigenvalue weighted by Gasteiger charge is -2.30. The highest BCUT2D eigenvalue weighted by Crippen LogP contribution is 2.36. The standard InChI is InChI=1S/C18H18ClN3O3S/c1-20-7-9-21(10-8-20)18(23)13-5-6-17(16(11-13)22(24)25)26-15-4-2-3-14(19)12-15/h2-6,11-12H,7-10H2,1H3/p+1. The van der Waals surface area contributed by atoms with Crippen molar-refractivity contribution in [3.8, 4) is 0 Å². The summed E-state index contributed by atoms with van der Waals surface area (Å²) in [5.74, 6) is -0.153. The van der Waals surface area contributed by atoms with E-state index in [0.29, 0.717) is 28.6 Å². The van der Waals surface area contributed by atoms with Crippen LogP contribution in [-0.4, -0.2) is 49.0 Å². The molecule has 0 atom stereocenters. The van der Waals surface area contributed by atoms with Crippen LogP contribution in [0.2, 0.25) is 5.02 Å². The summed E-state index contributed by atoms with van der Waals surface area (Å²) in [5, 5.41) is 12.1. The van der Waals surface area contributed by atoms with E-state index in [1.54, 1.807) is 35.2 Å². The van der Waals surface area contributed by atoms with Gasteiger partial charge in [-0.1, -0.05) is 29.4 Å². The molecule has 8 heteroatoms. The van der Waals surface area contributed by atoms with E-state index in [9.17, 15) is 14.9 Å². The molecule has 1 heterocycles. The quantitative estimate of drug-likeness (QED) is 0.640. The number of carbonyl (C=O) groups is 1. The molecule has 0 bridgehead atoms. The zero-order chi connectivity index (χ0) is 18.7. The van der Waals surface area contributed by atoms with Crippen LogP contribution in [0.5, 0.6) is 0 Å². The third kappa shape index (κ3) is 4.35. The molecule has 1 N–H and O–H groups in total. The molecule has 0 aromatic heterocycles. The molecule has 2 aromatic carbocycles. The van der Waals surface area contributed by atoms with E-state index in [2.05, 4.69) is 7.05 Å². The van der Waals surface area contributed by atoms with Gasteiger partial charge in [0.1, 0.15) is 0 Å². The number of carbonyl (C=O) groups excluding carboxylic acids is 1. The minimum atomic E-state index is -0.447. The number of nitro groups is 1. The Labute approximate surface area is 160 Å². The third-order valence-electron chi connectivity index (χ3n) is 4.33. The number of nitrogens with one attached hydrogen (secondary N) is 1. The molecule has 0 aliphatic carbocycles. The number of quaternary nitrogens is 1. The topological polar surface area (TPSA) is 67.9 Å². The maximum absolute atomic E-state index is 12.7. The van der Waals surface area contributed by atoms with Gasteiger partial charge in [-0.25, -0.2) is 0 Å². The van der Waals surface area contributed by atoms with Crippen molar-refractivity contribution >= 4 is 35.0 Å². The van der Waals surface area contributed by atoms with Crippen molar-refractivity contribution in [3.05, 3.63) is 63.2 Å². The molecule has 2 aromatic rings. The van der Waals surface area contributed by atoms with Crippen LogP contribution in [0.4, 0.5) is 5.69 Å². The molecule has 3 rings (SSSR count). The molecule has 6 nitrogen and oxygen atoms in total. The highest BCUT2D eigenvalue weighted by Gasteiger charge is 2.25. The summed E-state index contributed by atoms with van der Waals surface area (Å²) in [5.41, 5.74) is 0.285. The summed E-state index contributed by atoms with van der Waals surface area (Å²) in [6.07, 6.45) is 0. The molecule has 1 amide bonds. The van der Waals surface area contributed by atoms with E-state index in [1.165, 1.54) is 22.7 Å². The molecule has 0 radical (unpaired) electrons. The SMILES string of the molecule is C[NH+]1CCN(C(=O)c2ccc(Sc3cccc(Cl)c3)c([N+](=O)[O-])c2)CC1. The Morgan fingerprint density at radius 3 is 2.62 bits per heavy atom. The van der Waals surface area contributed by atoms with Crippen LogP contribution in [0.1, 0.15) is 10.4 Å². The number of hydrogen-bond acceptors (Lipinski definition) is 4. The zero-order valence-electron chi connectivity index (χ0n) is 14.3. The maximum atomic E-state index is 12.7. The summed E-state index contributed by atoms with van der Waals surface area (Å²) in [7, 11) is 2.09. The zero-order valence-corrected chi connectivity index (χ0v) is 15.8. The van der Waals surface area contributed by atoms with Gasteiger partial charge in [-0.05, 0) is 30.3 Å². The van der Waals surface area contributed by atoms with Gasteiger partial charge in [0.2, 0.25) is 0 Å². The summed E-state index contributed by atoms with van der Waals surface area (Å²) in [6, 6.07) is 11.8. The average Bonchev–Trinajstić information content (AvgIpc) is 2.62. The number of hydrogen-bond donors (Lipinski definition) is 1. The van der Waals surface area contributed by atoms with Crippen LogP contribution in [-0.2, 0) is 0 Å². The van der Waals surface area contributed by atoms with E-state index < -0.39 is 4.92 Å². The van der Waals surface area contributed by atoms with Crippen LogP contribution in [0, 0.1) is 10.1 Å². The number of amides is 1. The lowest BCUT2D eigenvalue weighted by atomic mass is 10.1. The smallest absolute Gasteiger partial charge is 0.284 e. The second-order valence-corrected chi connectivity index (χ2v) is 7.80. The molecule has 0 saturated carbocycles. The number of rotatable bonds is 4. The first-order valence-corrected chi connectivity index (χ1v) is 9.46. The van der Waals surface area contributed by atoms with Crippen LogP contribution < -0.4 is 4.90 Å². The Bertz CT molecular complexity index is 838. The lowest BCUT2D eigenvalue weighted by molar-refractivity contribution is -0.883. The first-order valence-electron chi connectivity index (χ1n) is 8.26. The van der Waals surface area contributed by atoms with E-state index in [0.717, 1.165) is 18.0 Å². The molecule has 0 spiro atoms. The lowest BCUT2D eigenvalue weighted by Crippen LogP contribution is -3.12. The maximum Gasteiger partial charge on any atom is 0.284 e. The number of likely N-dealkylation sites (N-methyl/N-ethyl adjacent to an activating group) is 1. The van der Waals surface area contributed by atoms with Gasteiger partial charge in [0.05, 0.1) is 43.0 Å². The van der Waals surface area contributed by atoms with Crippen molar-refractivity contribution in [1.82, 2.24) is 4.90 Å². The summed E-state index contributed by atoms with van der Waals surface area (Å²) in [6.45, 7) is 3.10. The minimum Gasteiger partial charge on any atom is -0.334 e. The molecule has 26 heavy (non-hydrogen) atoms. The van der Waals surface area contributed by atoms with Crippen molar-refractivity contribution in [1.29, 1.82) is 0 Å². The first-order chi connectivity index (χ1) is 12.4. The highest BCUT2D eigenvalue weighted by molar-refractivity contribution is 7.99. The van der Waals surface area contributed by atoms with Crippen LogP contribution >= 0.6 is 23.4 Å². The predicted molar refractivity (Wildman–Crippen MR) is 101 cm³/mol. The van der Waals surface area contributed by atoms with Crippen molar-refractivity contribution in [2.45, 2.75) is 9.79 Å². The van der Waals surface area contributed by atoms with Gasteiger partial charge in [0, 0.05) is 21.5 Å². The normalized spacial score (nSPS) is 15.1. The highest BCUT2D eigenvalue weighted by atomic mass is 35.5. The molecule has 1 saturated heterocycles. The van der Waals surface area contributed by atoms with Gasteiger partial charge in [0.15, 0.2) is 0 Å². The molecule has 1 aliphatic heterocycles. The predicted octanol–water partition coefficient (Wildman–Crippen LogP) is 2.37. The van der Waals surface area contributed by atoms with Crippen molar-refractivity contribution in [3.63, 3.8) is 0 Å². The van der Waals surface area contributed by atoms with Gasteiger partial charge in [0.25, 0.3) is 11.6 Å². The summed E-state index contributed by atoms with van der Waals surface area (Å²) < 4.78 is 0. The van der Waals surface area contributed by atoms with Gasteiger partial charge in [-0.2, -0.15) is 0 Å². The Morgan fingerprint density at radius 1 is 1.23 bits per heavy atom. The summed E-state index contributed by atoms with van der Waals surface area (Å²) >= 11 is 7.24. The van der Waals surface area contributed by atoms with E-state index in [1.807, 2.05) is 6.07 Å². The Balaban J connectivity index is 1.84. The molecule has 1 fully saturated rings. The van der Waals surface area contributed by atoms with Crippen molar-refractivity contribution in [2.24, 2.45) is 0 Å². The van der Waals surface area contributed by atoms with Gasteiger partial charge in [-0.3, -0.25) is 14.9 Å². The number of nitrogens with zero attached hydrogens (tertiary/aromatic N) is 2. The largest absolute Gasteiger partial charge is 0.334 e. The molecule has 1 aliphatic rings. The molecule has 0 unspecified atom stereocenters. The Kier molecular flexibility index (Phi) is 5.80. The number of piperazine rings is 1. The fourth-order valence-corrected chi connectivity index (χ4v) is 4.03. The fraction of sp³-hybridized carbons (Fsp3) is 0.278. The Morgan fingerprint density at radius 2 is 1.96 bits per heavy atom. The number of halogens is 1. The van der Waals surface area contributed by atoms with E-state index in [-0.39, 0.29) is 11.6 Å². The minimum absolute atomic E-state index is 0.0689. The average molecular weight is 393 g/mol. The van der Waals surface area contributed by atoms with Crippen molar-refractivity contribution in [2.75, 3.05) is 33.2 Å². The van der Waals surface area contributed by atoms with E-state index >= 15 is 0 Å². The molecule has 136 valence electrons. The van der Waals surface area contributed by atoms with Gasteiger partial charge in [-0.15, -0.1) is 0 Å². The second-order valence-electron chi connectivity index (χ2n) is 6.25. The second kappa shape index (κ2) is 8.07. The van der Waals surface area contributed by atoms with Gasteiger partial charge >= 0.3 is 0 Å². The molecular formula is C18H19ClN3O3S+. The van der Waals surface area contributed by atoms with Crippen LogP contribution in [0.3, 0.4) is 0 Å². The monoisotopic (exact) mass is 392 g/mol. The van der Waals surface area contributed by atoms with E-state index in [4.69, 9.17) is 11.6 Å². The van der Waals surface area contributed by atoms with Crippen LogP contribution in [0.25, 0.3) is 0 Å². The number of nitro benzene ring substituents is 1.